The number of halogens is 2. The van der Waals surface area contributed by atoms with Crippen molar-refractivity contribution in [2.75, 3.05) is 26.2 Å². The number of amides is 1. The van der Waals surface area contributed by atoms with E-state index >= 15 is 0 Å². The van der Waals surface area contributed by atoms with Crippen LogP contribution in [0.5, 0.6) is 0 Å². The molecule has 0 aromatic rings. The van der Waals surface area contributed by atoms with Crippen LogP contribution in [-0.2, 0) is 0 Å². The van der Waals surface area contributed by atoms with Crippen LogP contribution in [0.25, 0.3) is 0 Å². The fourth-order valence-electron chi connectivity index (χ4n) is 1.03. The lowest BCUT2D eigenvalue weighted by Gasteiger charge is -2.18. The smallest absolute Gasteiger partial charge is 0.407 e. The van der Waals surface area contributed by atoms with Gasteiger partial charge in [0.25, 0.3) is 0 Å². The van der Waals surface area contributed by atoms with Crippen molar-refractivity contribution in [3.05, 3.63) is 0 Å². The standard InChI is InChI=1S/C8H19N3O2.2ClH/c9-4-1-2-6-11(8(12)13)7-3-5-10;;/h1-7,9-10H2,(H,12,13);2*1H. The Balaban J connectivity index is -0.000000720. The van der Waals surface area contributed by atoms with Gasteiger partial charge in [-0.1, -0.05) is 0 Å². The molecular weight excluding hydrogens is 241 g/mol. The van der Waals surface area contributed by atoms with E-state index in [1.165, 1.54) is 4.90 Å². The van der Waals surface area contributed by atoms with Crippen molar-refractivity contribution in [1.82, 2.24) is 4.90 Å². The van der Waals surface area contributed by atoms with Crippen molar-refractivity contribution in [2.24, 2.45) is 11.5 Å². The molecule has 0 saturated heterocycles. The summed E-state index contributed by atoms with van der Waals surface area (Å²) in [4.78, 5) is 12.0. The molecule has 15 heavy (non-hydrogen) atoms. The van der Waals surface area contributed by atoms with Crippen LogP contribution in [0.4, 0.5) is 4.79 Å². The first-order valence-electron chi connectivity index (χ1n) is 4.60. The third-order valence-corrected chi connectivity index (χ3v) is 1.78. The minimum absolute atomic E-state index is 0. The predicted octanol–water partition coefficient (Wildman–Crippen LogP) is 0.898. The highest BCUT2D eigenvalue weighted by atomic mass is 35.5. The van der Waals surface area contributed by atoms with Crippen molar-refractivity contribution < 1.29 is 9.90 Å². The number of unbranched alkanes of at least 4 members (excludes halogenated alkanes) is 1. The van der Waals surface area contributed by atoms with Crippen molar-refractivity contribution in [3.8, 4) is 0 Å². The monoisotopic (exact) mass is 261 g/mol. The number of carbonyl (C=O) groups is 1. The Bertz CT molecular complexity index is 150. The van der Waals surface area contributed by atoms with Gasteiger partial charge in [0.2, 0.25) is 0 Å². The van der Waals surface area contributed by atoms with E-state index in [0.29, 0.717) is 26.2 Å². The first-order valence-corrected chi connectivity index (χ1v) is 4.60. The normalized spacial score (nSPS) is 8.67. The summed E-state index contributed by atoms with van der Waals surface area (Å²) in [5.74, 6) is 0. The van der Waals surface area contributed by atoms with E-state index in [-0.39, 0.29) is 24.8 Å². The number of nitrogens with two attached hydrogens (primary N) is 2. The summed E-state index contributed by atoms with van der Waals surface area (Å²) in [6.45, 7) is 2.23. The molecule has 0 aromatic heterocycles. The van der Waals surface area contributed by atoms with Crippen LogP contribution in [0.1, 0.15) is 19.3 Å². The topological polar surface area (TPSA) is 92.6 Å². The molecule has 7 heteroatoms. The molecule has 0 heterocycles. The molecule has 0 fully saturated rings. The SMILES string of the molecule is Cl.Cl.NCCCCN(CCCN)C(=O)O. The van der Waals surface area contributed by atoms with Gasteiger partial charge in [-0.05, 0) is 32.4 Å². The Morgan fingerprint density at radius 3 is 1.87 bits per heavy atom. The second-order valence-corrected chi connectivity index (χ2v) is 2.91. The fourth-order valence-corrected chi connectivity index (χ4v) is 1.03. The average molecular weight is 262 g/mol. The first-order chi connectivity index (χ1) is 6.22. The van der Waals surface area contributed by atoms with Gasteiger partial charge in [0.05, 0.1) is 0 Å². The van der Waals surface area contributed by atoms with E-state index in [1.807, 2.05) is 0 Å². The zero-order valence-electron chi connectivity index (χ0n) is 8.72. The molecule has 5 nitrogen and oxygen atoms in total. The third-order valence-electron chi connectivity index (χ3n) is 1.78. The summed E-state index contributed by atoms with van der Waals surface area (Å²) in [5.41, 5.74) is 10.6. The van der Waals surface area contributed by atoms with Gasteiger partial charge < -0.3 is 21.5 Å². The second-order valence-electron chi connectivity index (χ2n) is 2.91. The quantitative estimate of drug-likeness (QED) is 0.594. The van der Waals surface area contributed by atoms with Gasteiger partial charge in [0.15, 0.2) is 0 Å². The zero-order valence-corrected chi connectivity index (χ0v) is 10.4. The molecule has 0 radical (unpaired) electrons. The summed E-state index contributed by atoms with van der Waals surface area (Å²) < 4.78 is 0. The molecule has 0 aliphatic rings. The second kappa shape index (κ2) is 13.8. The molecule has 0 aliphatic carbocycles. The highest BCUT2D eigenvalue weighted by molar-refractivity contribution is 5.85. The Morgan fingerprint density at radius 1 is 1.00 bits per heavy atom. The zero-order chi connectivity index (χ0) is 10.1. The maximum absolute atomic E-state index is 10.7. The van der Waals surface area contributed by atoms with Gasteiger partial charge in [-0.15, -0.1) is 24.8 Å². The number of carboxylic acid groups (broad SMARTS) is 1. The lowest BCUT2D eigenvalue weighted by molar-refractivity contribution is 0.144. The van der Waals surface area contributed by atoms with Crippen molar-refractivity contribution >= 4 is 30.9 Å². The van der Waals surface area contributed by atoms with Gasteiger partial charge in [0.1, 0.15) is 0 Å². The Hall–Kier alpha value is -0.230. The molecule has 0 saturated carbocycles. The van der Waals surface area contributed by atoms with E-state index in [9.17, 15) is 4.79 Å². The highest BCUT2D eigenvalue weighted by Crippen LogP contribution is 1.96. The Kier molecular flexibility index (Phi) is 18.6. The van der Waals surface area contributed by atoms with Gasteiger partial charge >= 0.3 is 6.09 Å². The van der Waals surface area contributed by atoms with Crippen LogP contribution in [0.15, 0.2) is 0 Å². The maximum Gasteiger partial charge on any atom is 0.407 e. The van der Waals surface area contributed by atoms with E-state index in [2.05, 4.69) is 0 Å². The molecule has 0 rings (SSSR count). The van der Waals surface area contributed by atoms with Gasteiger partial charge in [0, 0.05) is 13.1 Å². The Labute approximate surface area is 103 Å². The summed E-state index contributed by atoms with van der Waals surface area (Å²) in [6.07, 6.45) is 1.54. The average Bonchev–Trinajstić information content (AvgIpc) is 2.10. The van der Waals surface area contributed by atoms with E-state index < -0.39 is 6.09 Å². The van der Waals surface area contributed by atoms with E-state index in [0.717, 1.165) is 19.3 Å². The van der Waals surface area contributed by atoms with E-state index in [1.54, 1.807) is 0 Å². The van der Waals surface area contributed by atoms with Gasteiger partial charge in [-0.3, -0.25) is 0 Å². The molecule has 0 bridgehead atoms. The summed E-state index contributed by atoms with van der Waals surface area (Å²) in [7, 11) is 0. The van der Waals surface area contributed by atoms with Gasteiger partial charge in [-0.2, -0.15) is 0 Å². The molecule has 5 N–H and O–H groups in total. The molecule has 0 aliphatic heterocycles. The summed E-state index contributed by atoms with van der Waals surface area (Å²) in [6, 6.07) is 0. The summed E-state index contributed by atoms with van der Waals surface area (Å²) in [5, 5.41) is 8.75. The number of rotatable bonds is 7. The lowest BCUT2D eigenvalue weighted by atomic mass is 10.3. The number of nitrogens with zero attached hydrogens (tertiary/aromatic N) is 1. The van der Waals surface area contributed by atoms with Crippen LogP contribution >= 0.6 is 24.8 Å². The minimum Gasteiger partial charge on any atom is -0.465 e. The van der Waals surface area contributed by atoms with Crippen LogP contribution in [-0.4, -0.2) is 42.3 Å². The van der Waals surface area contributed by atoms with Crippen LogP contribution < -0.4 is 11.5 Å². The molecule has 94 valence electrons. The molecule has 0 spiro atoms. The molecule has 0 unspecified atom stereocenters. The molecule has 0 aromatic carbocycles. The van der Waals surface area contributed by atoms with E-state index in [4.69, 9.17) is 16.6 Å². The van der Waals surface area contributed by atoms with Crippen molar-refractivity contribution in [1.29, 1.82) is 0 Å². The molecular formula is C8H21Cl2N3O2. The van der Waals surface area contributed by atoms with Crippen LogP contribution in [0.3, 0.4) is 0 Å². The molecule has 1 amide bonds. The van der Waals surface area contributed by atoms with Gasteiger partial charge in [-0.25, -0.2) is 4.79 Å². The van der Waals surface area contributed by atoms with Crippen molar-refractivity contribution in [2.45, 2.75) is 19.3 Å². The maximum atomic E-state index is 10.7. The lowest BCUT2D eigenvalue weighted by Crippen LogP contribution is -2.32. The predicted molar refractivity (Wildman–Crippen MR) is 66.1 cm³/mol. The van der Waals surface area contributed by atoms with Crippen LogP contribution in [0, 0.1) is 0 Å². The third kappa shape index (κ3) is 11.7. The highest BCUT2D eigenvalue weighted by Gasteiger charge is 2.09. The minimum atomic E-state index is -0.870. The summed E-state index contributed by atoms with van der Waals surface area (Å²) >= 11 is 0. The fraction of sp³-hybridized carbons (Fsp3) is 0.875. The molecule has 0 atom stereocenters. The Morgan fingerprint density at radius 2 is 1.47 bits per heavy atom. The first kappa shape index (κ1) is 20.2. The van der Waals surface area contributed by atoms with Crippen LogP contribution in [0.2, 0.25) is 0 Å². The largest absolute Gasteiger partial charge is 0.465 e. The number of hydrogen-bond acceptors (Lipinski definition) is 3. The van der Waals surface area contributed by atoms with Crippen molar-refractivity contribution in [3.63, 3.8) is 0 Å². The number of hydrogen-bond donors (Lipinski definition) is 3.